The van der Waals surface area contributed by atoms with E-state index < -0.39 is 0 Å². The Morgan fingerprint density at radius 1 is 0.483 bits per heavy atom. The second-order valence-electron chi connectivity index (χ2n) is 19.5. The molecule has 298 valence electrons. The molecule has 6 aromatic rings. The zero-order valence-corrected chi connectivity index (χ0v) is 36.6. The van der Waals surface area contributed by atoms with E-state index in [9.17, 15) is 0 Å². The molecule has 0 atom stereocenters. The molecule has 8 rings (SSSR count). The molecule has 1 fully saturated rings. The van der Waals surface area contributed by atoms with Crippen molar-refractivity contribution in [3.8, 4) is 33.4 Å². The van der Waals surface area contributed by atoms with Crippen molar-refractivity contribution in [1.82, 2.24) is 0 Å². The zero-order chi connectivity index (χ0) is 40.7. The molecule has 2 aliphatic rings. The molecule has 0 radical (unpaired) electrons. The molecule has 1 nitrogen and oxygen atoms in total. The third-order valence-corrected chi connectivity index (χ3v) is 13.4. The maximum atomic E-state index is 2.56. The lowest BCUT2D eigenvalue weighted by molar-refractivity contribution is 0.436. The third kappa shape index (κ3) is 7.70. The van der Waals surface area contributed by atoms with Gasteiger partial charge in [-0.15, -0.1) is 0 Å². The Morgan fingerprint density at radius 2 is 1.02 bits per heavy atom. The fraction of sp³-hybridized carbons (Fsp3) is 0.368. The number of rotatable bonds is 10. The second-order valence-corrected chi connectivity index (χ2v) is 19.5. The van der Waals surface area contributed by atoms with E-state index in [-0.39, 0.29) is 16.2 Å². The Hall–Kier alpha value is -4.88. The molecule has 0 aliphatic heterocycles. The third-order valence-electron chi connectivity index (χ3n) is 13.4. The van der Waals surface area contributed by atoms with Crippen LogP contribution in [0.1, 0.15) is 147 Å². The molecular formula is C57H65N. The van der Waals surface area contributed by atoms with E-state index in [2.05, 4.69) is 194 Å². The van der Waals surface area contributed by atoms with Gasteiger partial charge in [0.15, 0.2) is 0 Å². The summed E-state index contributed by atoms with van der Waals surface area (Å²) >= 11 is 0. The SMILES string of the molecule is CCCC1(CCC)c2ccccc2-c2ccc(N(c3ccc(-c4ccc(-c5cc(C(C)(C)C)cc(C(C)(C)C)c5)cc4)cc3)c3cccc(C4CCCCC4)c3)cc21. The quantitative estimate of drug-likeness (QED) is 0.134. The molecule has 1 heteroatoms. The smallest absolute Gasteiger partial charge is 0.0465 e. The standard InChI is InChI=1S/C57H65N/c1-9-33-57(34-10-2)53-22-15-14-21-51(53)52-32-31-50(39-54(52)57)58(49-20-16-19-44(37-49)40-17-12-11-13-18-40)48-29-27-42(28-30-48)41-23-25-43(26-24-41)45-35-46(55(3,4)5)38-47(36-45)56(6,7)8/h14-16,19-32,35-40H,9-13,17-18,33-34H2,1-8H3. The number of hydrogen-bond donors (Lipinski definition) is 0. The summed E-state index contributed by atoms with van der Waals surface area (Å²) in [5.41, 5.74) is 19.1. The van der Waals surface area contributed by atoms with E-state index in [4.69, 9.17) is 0 Å². The lowest BCUT2D eigenvalue weighted by Gasteiger charge is -2.33. The fourth-order valence-corrected chi connectivity index (χ4v) is 10.2. The van der Waals surface area contributed by atoms with Gasteiger partial charge in [0, 0.05) is 22.5 Å². The van der Waals surface area contributed by atoms with Crippen LogP contribution >= 0.6 is 0 Å². The predicted molar refractivity (Wildman–Crippen MR) is 251 cm³/mol. The number of benzene rings is 6. The summed E-state index contributed by atoms with van der Waals surface area (Å²) in [5.74, 6) is 0.646. The highest BCUT2D eigenvalue weighted by Gasteiger charge is 2.42. The molecule has 0 spiro atoms. The Balaban J connectivity index is 1.18. The Bertz CT molecular complexity index is 2320. The first-order chi connectivity index (χ1) is 27.9. The molecule has 0 unspecified atom stereocenters. The predicted octanol–water partition coefficient (Wildman–Crippen LogP) is 17.0. The Labute approximate surface area is 350 Å². The summed E-state index contributed by atoms with van der Waals surface area (Å²) in [6.07, 6.45) is 11.3. The first-order valence-corrected chi connectivity index (χ1v) is 22.4. The summed E-state index contributed by atoms with van der Waals surface area (Å²) in [7, 11) is 0. The number of hydrogen-bond acceptors (Lipinski definition) is 1. The first-order valence-electron chi connectivity index (χ1n) is 22.4. The summed E-state index contributed by atoms with van der Waals surface area (Å²) in [6.45, 7) is 18.6. The van der Waals surface area contributed by atoms with Crippen LogP contribution in [0.3, 0.4) is 0 Å². The maximum absolute atomic E-state index is 2.56. The van der Waals surface area contributed by atoms with Crippen LogP contribution in [-0.4, -0.2) is 0 Å². The topological polar surface area (TPSA) is 3.24 Å². The molecule has 0 saturated heterocycles. The summed E-state index contributed by atoms with van der Waals surface area (Å²) in [5, 5.41) is 0. The Kier molecular flexibility index (Phi) is 11.0. The minimum atomic E-state index is 0.0411. The van der Waals surface area contributed by atoms with Crippen LogP contribution in [0.5, 0.6) is 0 Å². The average molecular weight is 764 g/mol. The summed E-state index contributed by atoms with van der Waals surface area (Å²) in [6, 6.07) is 51.8. The van der Waals surface area contributed by atoms with E-state index in [1.807, 2.05) is 0 Å². The Morgan fingerprint density at radius 3 is 1.62 bits per heavy atom. The van der Waals surface area contributed by atoms with Gasteiger partial charge < -0.3 is 4.90 Å². The largest absolute Gasteiger partial charge is 0.310 e. The van der Waals surface area contributed by atoms with Crippen LogP contribution in [0.15, 0.2) is 133 Å². The van der Waals surface area contributed by atoms with Gasteiger partial charge in [-0.05, 0) is 140 Å². The molecule has 0 amide bonds. The highest BCUT2D eigenvalue weighted by molar-refractivity contribution is 5.86. The maximum Gasteiger partial charge on any atom is 0.0465 e. The molecular weight excluding hydrogens is 699 g/mol. The van der Waals surface area contributed by atoms with Crippen LogP contribution in [0.4, 0.5) is 17.1 Å². The zero-order valence-electron chi connectivity index (χ0n) is 36.6. The average Bonchev–Trinajstić information content (AvgIpc) is 3.49. The highest BCUT2D eigenvalue weighted by atomic mass is 15.1. The van der Waals surface area contributed by atoms with Crippen molar-refractivity contribution < 1.29 is 0 Å². The van der Waals surface area contributed by atoms with Crippen molar-refractivity contribution in [2.24, 2.45) is 0 Å². The van der Waals surface area contributed by atoms with Crippen molar-refractivity contribution >= 4 is 17.1 Å². The van der Waals surface area contributed by atoms with Crippen molar-refractivity contribution in [2.75, 3.05) is 4.90 Å². The lowest BCUT2D eigenvalue weighted by atomic mass is 9.71. The van der Waals surface area contributed by atoms with E-state index >= 15 is 0 Å². The van der Waals surface area contributed by atoms with E-state index in [0.717, 1.165) is 12.8 Å². The normalized spacial score (nSPS) is 15.2. The van der Waals surface area contributed by atoms with Gasteiger partial charge in [-0.1, -0.05) is 185 Å². The summed E-state index contributed by atoms with van der Waals surface area (Å²) in [4.78, 5) is 2.53. The molecule has 58 heavy (non-hydrogen) atoms. The molecule has 6 aromatic carbocycles. The molecule has 0 heterocycles. The van der Waals surface area contributed by atoms with Gasteiger partial charge in [-0.25, -0.2) is 0 Å². The molecule has 0 aromatic heterocycles. The van der Waals surface area contributed by atoms with Gasteiger partial charge in [0.2, 0.25) is 0 Å². The van der Waals surface area contributed by atoms with Gasteiger partial charge in [-0.3, -0.25) is 0 Å². The van der Waals surface area contributed by atoms with E-state index in [0.29, 0.717) is 5.92 Å². The number of nitrogens with zero attached hydrogens (tertiary/aromatic N) is 1. The van der Waals surface area contributed by atoms with Crippen LogP contribution in [0.2, 0.25) is 0 Å². The number of anilines is 3. The molecule has 0 bridgehead atoms. The van der Waals surface area contributed by atoms with Crippen LogP contribution < -0.4 is 4.90 Å². The highest BCUT2D eigenvalue weighted by Crippen LogP contribution is 2.55. The van der Waals surface area contributed by atoms with Gasteiger partial charge in [0.05, 0.1) is 0 Å². The lowest BCUT2D eigenvalue weighted by Crippen LogP contribution is -2.25. The minimum absolute atomic E-state index is 0.0411. The van der Waals surface area contributed by atoms with Gasteiger partial charge in [-0.2, -0.15) is 0 Å². The van der Waals surface area contributed by atoms with Crippen molar-refractivity contribution in [3.05, 3.63) is 161 Å². The van der Waals surface area contributed by atoms with Crippen molar-refractivity contribution in [1.29, 1.82) is 0 Å². The second kappa shape index (κ2) is 16.1. The molecule has 0 N–H and O–H groups in total. The molecule has 1 saturated carbocycles. The van der Waals surface area contributed by atoms with Crippen molar-refractivity contribution in [2.45, 2.75) is 135 Å². The van der Waals surface area contributed by atoms with Gasteiger partial charge in [0.1, 0.15) is 0 Å². The number of fused-ring (bicyclic) bond motifs is 3. The van der Waals surface area contributed by atoms with Gasteiger partial charge in [0.25, 0.3) is 0 Å². The van der Waals surface area contributed by atoms with Crippen LogP contribution in [0, 0.1) is 0 Å². The van der Waals surface area contributed by atoms with E-state index in [1.54, 1.807) is 0 Å². The van der Waals surface area contributed by atoms with E-state index in [1.165, 1.54) is 123 Å². The van der Waals surface area contributed by atoms with Crippen LogP contribution in [-0.2, 0) is 16.2 Å². The van der Waals surface area contributed by atoms with Crippen molar-refractivity contribution in [3.63, 3.8) is 0 Å². The summed E-state index contributed by atoms with van der Waals surface area (Å²) < 4.78 is 0. The molecule has 2 aliphatic carbocycles. The minimum Gasteiger partial charge on any atom is -0.310 e. The monoisotopic (exact) mass is 764 g/mol. The fourth-order valence-electron chi connectivity index (χ4n) is 10.2. The van der Waals surface area contributed by atoms with Gasteiger partial charge >= 0.3 is 0 Å². The first kappa shape index (κ1) is 39.9. The van der Waals surface area contributed by atoms with Crippen LogP contribution in [0.25, 0.3) is 33.4 Å².